The van der Waals surface area contributed by atoms with Gasteiger partial charge in [0.25, 0.3) is 5.91 Å². The van der Waals surface area contributed by atoms with E-state index in [0.29, 0.717) is 13.2 Å². The smallest absolute Gasteiger partial charge is 0.255 e. The number of hydrogen-bond acceptors (Lipinski definition) is 5. The van der Waals surface area contributed by atoms with Gasteiger partial charge in [-0.25, -0.2) is 0 Å². The van der Waals surface area contributed by atoms with Crippen molar-refractivity contribution in [2.24, 2.45) is 0 Å². The van der Waals surface area contributed by atoms with Crippen LogP contribution in [-0.4, -0.2) is 53.3 Å². The van der Waals surface area contributed by atoms with Crippen LogP contribution in [0.2, 0.25) is 0 Å². The Bertz CT molecular complexity index is 659. The average molecular weight is 347 g/mol. The molecule has 0 aromatic heterocycles. The first-order valence-corrected chi connectivity index (χ1v) is 8.78. The minimum atomic E-state index is -0.767. The van der Waals surface area contributed by atoms with Crippen LogP contribution in [-0.2, 0) is 30.3 Å². The van der Waals surface area contributed by atoms with Gasteiger partial charge in [0.2, 0.25) is 0 Å². The molecule has 6 nitrogen and oxygen atoms in total. The van der Waals surface area contributed by atoms with Gasteiger partial charge < -0.3 is 23.8 Å². The summed E-state index contributed by atoms with van der Waals surface area (Å²) in [6.07, 6.45) is -1.18. The number of rotatable bonds is 3. The van der Waals surface area contributed by atoms with Crippen LogP contribution in [0.3, 0.4) is 0 Å². The fourth-order valence-corrected chi connectivity index (χ4v) is 3.98. The van der Waals surface area contributed by atoms with E-state index in [1.807, 2.05) is 62.9 Å². The van der Waals surface area contributed by atoms with E-state index in [1.165, 1.54) is 0 Å². The maximum Gasteiger partial charge on any atom is 0.255 e. The third kappa shape index (κ3) is 3.08. The second-order valence-corrected chi connectivity index (χ2v) is 7.83. The zero-order valence-corrected chi connectivity index (χ0v) is 15.1. The van der Waals surface area contributed by atoms with Gasteiger partial charge in [-0.15, -0.1) is 0 Å². The Hall–Kier alpha value is -1.47. The molecule has 1 aromatic carbocycles. The molecule has 0 N–H and O–H groups in total. The van der Waals surface area contributed by atoms with Crippen LogP contribution in [0.4, 0.5) is 0 Å². The summed E-state index contributed by atoms with van der Waals surface area (Å²) >= 11 is 0. The van der Waals surface area contributed by atoms with Crippen molar-refractivity contribution < 1.29 is 23.7 Å². The van der Waals surface area contributed by atoms with Crippen LogP contribution in [0.1, 0.15) is 33.3 Å². The lowest BCUT2D eigenvalue weighted by molar-refractivity contribution is -0.184. The summed E-state index contributed by atoms with van der Waals surface area (Å²) in [6, 6.07) is 9.70. The molecule has 0 unspecified atom stereocenters. The lowest BCUT2D eigenvalue weighted by Crippen LogP contribution is -2.48. The van der Waals surface area contributed by atoms with Crippen molar-refractivity contribution in [2.75, 3.05) is 6.61 Å². The van der Waals surface area contributed by atoms with E-state index in [0.717, 1.165) is 5.56 Å². The molecule has 0 saturated carbocycles. The van der Waals surface area contributed by atoms with Crippen LogP contribution in [0, 0.1) is 0 Å². The molecule has 3 saturated heterocycles. The predicted molar refractivity (Wildman–Crippen MR) is 89.5 cm³/mol. The molecule has 0 radical (unpaired) electrons. The molecular weight excluding hydrogens is 322 g/mol. The highest BCUT2D eigenvalue weighted by atomic mass is 16.8. The number of benzene rings is 1. The number of fused-ring (bicyclic) bond motifs is 1. The van der Waals surface area contributed by atoms with E-state index in [2.05, 4.69) is 0 Å². The van der Waals surface area contributed by atoms with Crippen LogP contribution in [0.5, 0.6) is 0 Å². The summed E-state index contributed by atoms with van der Waals surface area (Å²) in [6.45, 7) is 8.39. The largest absolute Gasteiger partial charge is 0.348 e. The van der Waals surface area contributed by atoms with E-state index in [9.17, 15) is 4.79 Å². The fraction of sp³-hybridized carbons (Fsp3) is 0.632. The lowest BCUT2D eigenvalue weighted by Gasteiger charge is -2.33. The van der Waals surface area contributed by atoms with E-state index < -0.39 is 17.7 Å². The van der Waals surface area contributed by atoms with Gasteiger partial charge in [0.1, 0.15) is 12.2 Å². The standard InChI is InChI=1S/C19H25NO5/c1-18(2)22-11-13(23-18)14-15-16(25-19(3,4)24-15)17(21)20(14)10-12-8-6-5-7-9-12/h5-9,13-16H,10-11H2,1-4H3/t13-,14-,15-,16-/m1/s1. The molecule has 6 heteroatoms. The second kappa shape index (κ2) is 5.77. The minimum Gasteiger partial charge on any atom is -0.348 e. The highest BCUT2D eigenvalue weighted by Crippen LogP contribution is 2.41. The lowest BCUT2D eigenvalue weighted by atomic mass is 10.0. The quantitative estimate of drug-likeness (QED) is 0.838. The van der Waals surface area contributed by atoms with Crippen LogP contribution < -0.4 is 0 Å². The van der Waals surface area contributed by atoms with Crippen molar-refractivity contribution in [1.29, 1.82) is 0 Å². The predicted octanol–water partition coefficient (Wildman–Crippen LogP) is 2.07. The Morgan fingerprint density at radius 3 is 2.40 bits per heavy atom. The van der Waals surface area contributed by atoms with Gasteiger partial charge in [-0.05, 0) is 33.3 Å². The van der Waals surface area contributed by atoms with Crippen molar-refractivity contribution in [3.63, 3.8) is 0 Å². The molecule has 3 fully saturated rings. The third-order valence-corrected chi connectivity index (χ3v) is 4.96. The maximum atomic E-state index is 13.0. The second-order valence-electron chi connectivity index (χ2n) is 7.83. The molecule has 0 bridgehead atoms. The van der Waals surface area contributed by atoms with E-state index >= 15 is 0 Å². The number of carbonyl (C=O) groups is 1. The molecule has 25 heavy (non-hydrogen) atoms. The first-order chi connectivity index (χ1) is 11.8. The SMILES string of the molecule is CC1(C)OC[C@H]([C@@H]2[C@H]3OC(C)(C)O[C@H]3C(=O)N2Cc2ccccc2)O1. The average Bonchev–Trinajstić information content (AvgIpc) is 3.12. The van der Waals surface area contributed by atoms with Gasteiger partial charge >= 0.3 is 0 Å². The topological polar surface area (TPSA) is 57.2 Å². The number of likely N-dealkylation sites (tertiary alicyclic amines) is 1. The number of carbonyl (C=O) groups excluding carboxylic acids is 1. The summed E-state index contributed by atoms with van der Waals surface area (Å²) in [7, 11) is 0. The van der Waals surface area contributed by atoms with E-state index in [1.54, 1.807) is 0 Å². The van der Waals surface area contributed by atoms with Gasteiger partial charge in [0, 0.05) is 6.54 Å². The summed E-state index contributed by atoms with van der Waals surface area (Å²) in [5.74, 6) is -1.46. The highest BCUT2D eigenvalue weighted by Gasteiger charge is 2.61. The highest BCUT2D eigenvalue weighted by molar-refractivity contribution is 5.85. The van der Waals surface area contributed by atoms with Gasteiger partial charge in [0.15, 0.2) is 17.7 Å². The molecule has 3 heterocycles. The Morgan fingerprint density at radius 1 is 1.04 bits per heavy atom. The zero-order chi connectivity index (χ0) is 17.8. The van der Waals surface area contributed by atoms with Gasteiger partial charge in [-0.2, -0.15) is 0 Å². The van der Waals surface area contributed by atoms with Gasteiger partial charge in [0.05, 0.1) is 12.6 Å². The molecule has 1 aromatic rings. The Labute approximate surface area is 148 Å². The third-order valence-electron chi connectivity index (χ3n) is 4.96. The Kier molecular flexibility index (Phi) is 3.92. The monoisotopic (exact) mass is 347 g/mol. The van der Waals surface area contributed by atoms with Crippen molar-refractivity contribution in [3.8, 4) is 0 Å². The molecule has 4 atom stereocenters. The maximum absolute atomic E-state index is 13.0. The first-order valence-electron chi connectivity index (χ1n) is 8.78. The summed E-state index contributed by atoms with van der Waals surface area (Å²) in [4.78, 5) is 14.9. The molecule has 0 aliphatic carbocycles. The zero-order valence-electron chi connectivity index (χ0n) is 15.1. The van der Waals surface area contributed by atoms with Crippen LogP contribution in [0.25, 0.3) is 0 Å². The van der Waals surface area contributed by atoms with E-state index in [-0.39, 0.29) is 24.2 Å². The normalized spacial score (nSPS) is 36.0. The van der Waals surface area contributed by atoms with Crippen LogP contribution >= 0.6 is 0 Å². The minimum absolute atomic E-state index is 0.0438. The first kappa shape index (κ1) is 17.0. The molecular formula is C19H25NO5. The molecule has 136 valence electrons. The molecule has 3 aliphatic rings. The Morgan fingerprint density at radius 2 is 1.76 bits per heavy atom. The number of nitrogens with zero attached hydrogens (tertiary/aromatic N) is 1. The molecule has 1 amide bonds. The van der Waals surface area contributed by atoms with Gasteiger partial charge in [-0.1, -0.05) is 30.3 Å². The van der Waals surface area contributed by atoms with Crippen molar-refractivity contribution >= 4 is 5.91 Å². The Balaban J connectivity index is 1.63. The molecule has 3 aliphatic heterocycles. The molecule has 0 spiro atoms. The number of amides is 1. The summed E-state index contributed by atoms with van der Waals surface area (Å²) < 4.78 is 23.8. The molecule has 4 rings (SSSR count). The van der Waals surface area contributed by atoms with Gasteiger partial charge in [-0.3, -0.25) is 4.79 Å². The van der Waals surface area contributed by atoms with Crippen molar-refractivity contribution in [3.05, 3.63) is 35.9 Å². The van der Waals surface area contributed by atoms with Crippen molar-refractivity contribution in [2.45, 2.75) is 70.2 Å². The fourth-order valence-electron chi connectivity index (χ4n) is 3.98. The summed E-state index contributed by atoms with van der Waals surface area (Å²) in [5, 5.41) is 0. The number of hydrogen-bond donors (Lipinski definition) is 0. The number of ether oxygens (including phenoxy) is 4. The van der Waals surface area contributed by atoms with E-state index in [4.69, 9.17) is 18.9 Å². The van der Waals surface area contributed by atoms with Crippen molar-refractivity contribution in [1.82, 2.24) is 4.90 Å². The summed E-state index contributed by atoms with van der Waals surface area (Å²) in [5.41, 5.74) is 1.07. The van der Waals surface area contributed by atoms with Crippen LogP contribution in [0.15, 0.2) is 30.3 Å².